The minimum absolute atomic E-state index is 0.0481. The molecule has 0 radical (unpaired) electrons. The van der Waals surface area contributed by atoms with E-state index in [2.05, 4.69) is 15.7 Å². The van der Waals surface area contributed by atoms with Crippen molar-refractivity contribution in [3.63, 3.8) is 0 Å². The van der Waals surface area contributed by atoms with Crippen LogP contribution in [0.3, 0.4) is 0 Å². The molecule has 3 aromatic rings. The predicted molar refractivity (Wildman–Crippen MR) is 120 cm³/mol. The van der Waals surface area contributed by atoms with Crippen LogP contribution in [0.5, 0.6) is 5.75 Å². The SMILES string of the molecule is Cc1nn(-c2ccccc2)c(C)c1NC(=O)CCCOc1ccc2c(c1)CCC(=O)N2. The molecule has 2 heterocycles. The summed E-state index contributed by atoms with van der Waals surface area (Å²) < 4.78 is 7.64. The van der Waals surface area contributed by atoms with Crippen molar-refractivity contribution in [2.45, 2.75) is 39.5 Å². The summed E-state index contributed by atoms with van der Waals surface area (Å²) >= 11 is 0. The monoisotopic (exact) mass is 418 g/mol. The number of benzene rings is 2. The van der Waals surface area contributed by atoms with Gasteiger partial charge in [-0.25, -0.2) is 4.68 Å². The molecule has 0 fully saturated rings. The molecule has 4 rings (SSSR count). The molecule has 1 aromatic heterocycles. The first-order valence-electron chi connectivity index (χ1n) is 10.5. The number of hydrogen-bond donors (Lipinski definition) is 2. The summed E-state index contributed by atoms with van der Waals surface area (Å²) in [5.74, 6) is 0.744. The number of ether oxygens (including phenoxy) is 1. The van der Waals surface area contributed by atoms with Crippen molar-refractivity contribution < 1.29 is 14.3 Å². The van der Waals surface area contributed by atoms with E-state index in [-0.39, 0.29) is 11.8 Å². The molecule has 7 nitrogen and oxygen atoms in total. The van der Waals surface area contributed by atoms with Crippen molar-refractivity contribution >= 4 is 23.2 Å². The van der Waals surface area contributed by atoms with Gasteiger partial charge in [0.15, 0.2) is 0 Å². The van der Waals surface area contributed by atoms with Crippen molar-refractivity contribution in [1.29, 1.82) is 0 Å². The quantitative estimate of drug-likeness (QED) is 0.564. The lowest BCUT2D eigenvalue weighted by atomic mass is 10.0. The number of aromatic nitrogens is 2. The van der Waals surface area contributed by atoms with Gasteiger partial charge < -0.3 is 15.4 Å². The van der Waals surface area contributed by atoms with Gasteiger partial charge in [-0.15, -0.1) is 0 Å². The maximum atomic E-state index is 12.5. The maximum Gasteiger partial charge on any atom is 0.224 e. The average molecular weight is 418 g/mol. The molecule has 7 heteroatoms. The van der Waals surface area contributed by atoms with E-state index in [1.165, 1.54) is 0 Å². The lowest BCUT2D eigenvalue weighted by molar-refractivity contribution is -0.117. The summed E-state index contributed by atoms with van der Waals surface area (Å²) in [6, 6.07) is 15.5. The molecule has 160 valence electrons. The normalized spacial score (nSPS) is 12.8. The van der Waals surface area contributed by atoms with Gasteiger partial charge in [0.1, 0.15) is 5.75 Å². The summed E-state index contributed by atoms with van der Waals surface area (Å²) in [7, 11) is 0. The molecule has 2 amide bonds. The Balaban J connectivity index is 1.29. The molecular formula is C24H26N4O3. The maximum absolute atomic E-state index is 12.5. The number of carbonyl (C=O) groups is 2. The topological polar surface area (TPSA) is 85.2 Å². The Bertz CT molecular complexity index is 1110. The van der Waals surface area contributed by atoms with Gasteiger partial charge in [0, 0.05) is 18.5 Å². The number of fused-ring (bicyclic) bond motifs is 1. The third-order valence-corrected chi connectivity index (χ3v) is 5.35. The second kappa shape index (κ2) is 9.04. The van der Waals surface area contributed by atoms with Gasteiger partial charge in [-0.1, -0.05) is 18.2 Å². The second-order valence-electron chi connectivity index (χ2n) is 7.66. The fourth-order valence-corrected chi connectivity index (χ4v) is 3.72. The minimum atomic E-state index is -0.0597. The molecule has 0 aliphatic carbocycles. The Kier molecular flexibility index (Phi) is 6.02. The summed E-state index contributed by atoms with van der Waals surface area (Å²) in [5, 5.41) is 10.4. The molecule has 1 aliphatic rings. The fraction of sp³-hybridized carbons (Fsp3) is 0.292. The van der Waals surface area contributed by atoms with E-state index in [4.69, 9.17) is 4.74 Å². The lowest BCUT2D eigenvalue weighted by Gasteiger charge is -2.17. The van der Waals surface area contributed by atoms with Crippen molar-refractivity contribution in [3.8, 4) is 11.4 Å². The first-order valence-corrected chi connectivity index (χ1v) is 10.5. The molecule has 0 saturated carbocycles. The highest BCUT2D eigenvalue weighted by Gasteiger charge is 2.16. The summed E-state index contributed by atoms with van der Waals surface area (Å²) in [4.78, 5) is 23.9. The lowest BCUT2D eigenvalue weighted by Crippen LogP contribution is -2.18. The Hall–Kier alpha value is -3.61. The average Bonchev–Trinajstić information content (AvgIpc) is 3.05. The van der Waals surface area contributed by atoms with Crippen LogP contribution in [0, 0.1) is 13.8 Å². The third-order valence-electron chi connectivity index (χ3n) is 5.35. The largest absolute Gasteiger partial charge is 0.494 e. The molecule has 0 atom stereocenters. The Morgan fingerprint density at radius 2 is 1.97 bits per heavy atom. The Morgan fingerprint density at radius 1 is 1.16 bits per heavy atom. The smallest absolute Gasteiger partial charge is 0.224 e. The standard InChI is InChI=1S/C24H26N4O3/c1-16-24(17(2)28(27-16)19-7-4-3-5-8-19)26-22(29)9-6-14-31-20-11-12-21-18(15-20)10-13-23(30)25-21/h3-5,7-8,11-12,15H,6,9-10,13-14H2,1-2H3,(H,25,30)(H,26,29). The highest BCUT2D eigenvalue weighted by atomic mass is 16.5. The third kappa shape index (κ3) is 4.77. The molecular weight excluding hydrogens is 392 g/mol. The van der Waals surface area contributed by atoms with Gasteiger partial charge in [0.05, 0.1) is 29.4 Å². The van der Waals surface area contributed by atoms with Crippen molar-refractivity contribution in [1.82, 2.24) is 9.78 Å². The van der Waals surface area contributed by atoms with E-state index >= 15 is 0 Å². The molecule has 0 unspecified atom stereocenters. The van der Waals surface area contributed by atoms with Crippen LogP contribution in [0.4, 0.5) is 11.4 Å². The van der Waals surface area contributed by atoms with Gasteiger partial charge >= 0.3 is 0 Å². The van der Waals surface area contributed by atoms with E-state index in [9.17, 15) is 9.59 Å². The number of nitrogens with zero attached hydrogens (tertiary/aromatic N) is 2. The van der Waals surface area contributed by atoms with Crippen LogP contribution in [0.15, 0.2) is 48.5 Å². The molecule has 2 aromatic carbocycles. The highest BCUT2D eigenvalue weighted by Crippen LogP contribution is 2.27. The summed E-state index contributed by atoms with van der Waals surface area (Å²) in [5.41, 5.74) is 5.33. The van der Waals surface area contributed by atoms with Gasteiger partial charge in [0.2, 0.25) is 11.8 Å². The van der Waals surface area contributed by atoms with E-state index in [0.717, 1.165) is 46.2 Å². The Labute approximate surface area is 181 Å². The first-order chi connectivity index (χ1) is 15.0. The van der Waals surface area contributed by atoms with Crippen LogP contribution < -0.4 is 15.4 Å². The van der Waals surface area contributed by atoms with Crippen LogP contribution in [0.1, 0.15) is 36.2 Å². The highest BCUT2D eigenvalue weighted by molar-refractivity contribution is 5.94. The molecule has 1 aliphatic heterocycles. The van der Waals surface area contributed by atoms with E-state index in [0.29, 0.717) is 25.9 Å². The van der Waals surface area contributed by atoms with Crippen molar-refractivity contribution in [2.75, 3.05) is 17.2 Å². The molecule has 0 bridgehead atoms. The number of amides is 2. The molecule has 0 spiro atoms. The van der Waals surface area contributed by atoms with Crippen LogP contribution >= 0.6 is 0 Å². The van der Waals surface area contributed by atoms with E-state index in [1.807, 2.05) is 67.1 Å². The van der Waals surface area contributed by atoms with E-state index < -0.39 is 0 Å². The van der Waals surface area contributed by atoms with Crippen LogP contribution in [0.2, 0.25) is 0 Å². The van der Waals surface area contributed by atoms with Gasteiger partial charge in [-0.2, -0.15) is 5.10 Å². The Morgan fingerprint density at radius 3 is 2.77 bits per heavy atom. The number of rotatable bonds is 7. The zero-order valence-corrected chi connectivity index (χ0v) is 17.8. The van der Waals surface area contributed by atoms with Crippen LogP contribution in [-0.4, -0.2) is 28.2 Å². The van der Waals surface area contributed by atoms with Gasteiger partial charge in [-0.3, -0.25) is 9.59 Å². The van der Waals surface area contributed by atoms with E-state index in [1.54, 1.807) is 0 Å². The van der Waals surface area contributed by atoms with Crippen molar-refractivity contribution in [3.05, 3.63) is 65.5 Å². The fourth-order valence-electron chi connectivity index (χ4n) is 3.72. The predicted octanol–water partition coefficient (Wildman–Crippen LogP) is 4.17. The number of carbonyl (C=O) groups excluding carboxylic acids is 2. The molecule has 0 saturated heterocycles. The number of nitrogens with one attached hydrogen (secondary N) is 2. The molecule has 2 N–H and O–H groups in total. The molecule has 31 heavy (non-hydrogen) atoms. The number of para-hydroxylation sites is 1. The van der Waals surface area contributed by atoms with Crippen molar-refractivity contribution in [2.24, 2.45) is 0 Å². The number of hydrogen-bond acceptors (Lipinski definition) is 4. The van der Waals surface area contributed by atoms with Gasteiger partial charge in [0.25, 0.3) is 0 Å². The number of anilines is 2. The minimum Gasteiger partial charge on any atom is -0.494 e. The zero-order chi connectivity index (χ0) is 21.8. The summed E-state index contributed by atoms with van der Waals surface area (Å²) in [6.07, 6.45) is 2.17. The second-order valence-corrected chi connectivity index (χ2v) is 7.66. The zero-order valence-electron chi connectivity index (χ0n) is 17.8. The van der Waals surface area contributed by atoms with Gasteiger partial charge in [-0.05, 0) is 62.6 Å². The number of aryl methyl sites for hydroxylation is 2. The first kappa shape index (κ1) is 20.7. The van der Waals surface area contributed by atoms with Crippen LogP contribution in [0.25, 0.3) is 5.69 Å². The summed E-state index contributed by atoms with van der Waals surface area (Å²) in [6.45, 7) is 4.29. The van der Waals surface area contributed by atoms with Crippen LogP contribution in [-0.2, 0) is 16.0 Å².